The van der Waals surface area contributed by atoms with E-state index >= 15 is 0 Å². The second-order valence-corrected chi connectivity index (χ2v) is 14.8. The number of ether oxygens (including phenoxy) is 4. The van der Waals surface area contributed by atoms with E-state index in [0.29, 0.717) is 6.42 Å². The van der Waals surface area contributed by atoms with Gasteiger partial charge in [-0.15, -0.1) is 0 Å². The topological polar surface area (TPSA) is 277 Å². The van der Waals surface area contributed by atoms with Gasteiger partial charge in [-0.3, -0.25) is 4.79 Å². The number of nitrogens with two attached hydrogens (primary N) is 5. The summed E-state index contributed by atoms with van der Waals surface area (Å²) in [6.07, 6.45) is 6.89. The summed E-state index contributed by atoms with van der Waals surface area (Å²) in [6.45, 7) is 2.25. The zero-order valence-electron chi connectivity index (χ0n) is 30.2. The van der Waals surface area contributed by atoms with Gasteiger partial charge >= 0.3 is 0 Å². The third-order valence-electron chi connectivity index (χ3n) is 10.5. The van der Waals surface area contributed by atoms with E-state index in [1.165, 1.54) is 70.6 Å². The van der Waals surface area contributed by atoms with Crippen molar-refractivity contribution in [3.05, 3.63) is 0 Å². The Morgan fingerprint density at radius 2 is 1.16 bits per heavy atom. The quantitative estimate of drug-likeness (QED) is 0.0644. The number of hydrogen-bond acceptors (Lipinski definition) is 14. The SMILES string of the molecule is CCCCCCCCCCCCCCCCC(=O)NC[C@H]1O[C@H](O[C@@H]2[C@@H](O)[C@H](O[C@H]3O[C@H](CN)[C@@H](O)C[C@H]3N)[C@@H](N)C[C@H]2N)[C@H](O)[C@@H](N)[C@@H]1O. The molecule has 50 heavy (non-hydrogen) atoms. The van der Waals surface area contributed by atoms with Gasteiger partial charge in [-0.1, -0.05) is 90.4 Å². The number of rotatable bonds is 22. The Balaban J connectivity index is 1.39. The van der Waals surface area contributed by atoms with Crippen LogP contribution in [-0.2, 0) is 23.7 Å². The van der Waals surface area contributed by atoms with Crippen LogP contribution in [0.3, 0.4) is 0 Å². The molecule has 0 spiro atoms. The van der Waals surface area contributed by atoms with Crippen LogP contribution in [0.4, 0.5) is 0 Å². The number of unbranched alkanes of at least 4 members (excludes halogenated alkanes) is 13. The number of nitrogens with one attached hydrogen (secondary N) is 1. The molecule has 15 heteroatoms. The fraction of sp³-hybridized carbons (Fsp3) is 0.971. The van der Waals surface area contributed by atoms with E-state index in [0.717, 1.165) is 19.3 Å². The van der Waals surface area contributed by atoms with E-state index in [9.17, 15) is 25.2 Å². The maximum absolute atomic E-state index is 12.6. The third kappa shape index (κ3) is 13.4. The van der Waals surface area contributed by atoms with Gasteiger partial charge in [0, 0.05) is 31.6 Å². The molecule has 3 rings (SSSR count). The van der Waals surface area contributed by atoms with Crippen LogP contribution < -0.4 is 34.0 Å². The summed E-state index contributed by atoms with van der Waals surface area (Å²) in [7, 11) is 0. The predicted octanol–water partition coefficient (Wildman–Crippen LogP) is -0.300. The van der Waals surface area contributed by atoms with Gasteiger partial charge in [0.1, 0.15) is 30.5 Å². The molecule has 0 aromatic carbocycles. The average molecular weight is 719 g/mol. The highest BCUT2D eigenvalue weighted by Gasteiger charge is 2.50. The zero-order chi connectivity index (χ0) is 36.6. The molecule has 2 saturated heterocycles. The van der Waals surface area contributed by atoms with Crippen LogP contribution >= 0.6 is 0 Å². The highest BCUT2D eigenvalue weighted by molar-refractivity contribution is 5.75. The number of hydrogen-bond donors (Lipinski definition) is 10. The Bertz CT molecular complexity index is 943. The minimum Gasteiger partial charge on any atom is -0.390 e. The minimum absolute atomic E-state index is 0.0418. The molecule has 3 fully saturated rings. The van der Waals surface area contributed by atoms with Gasteiger partial charge in [-0.2, -0.15) is 0 Å². The Labute approximate surface area is 298 Å². The van der Waals surface area contributed by atoms with Crippen molar-refractivity contribution in [3.8, 4) is 0 Å². The first-order valence-electron chi connectivity index (χ1n) is 19.3. The van der Waals surface area contributed by atoms with Gasteiger partial charge in [-0.25, -0.2) is 0 Å². The van der Waals surface area contributed by atoms with Crippen LogP contribution in [0.1, 0.15) is 116 Å². The van der Waals surface area contributed by atoms with Gasteiger partial charge in [0.15, 0.2) is 12.6 Å². The first-order chi connectivity index (χ1) is 24.0. The molecule has 3 aliphatic rings. The Morgan fingerprint density at radius 3 is 1.70 bits per heavy atom. The monoisotopic (exact) mass is 719 g/mol. The van der Waals surface area contributed by atoms with Crippen LogP contribution in [0.25, 0.3) is 0 Å². The van der Waals surface area contributed by atoms with Gasteiger partial charge in [-0.05, 0) is 19.3 Å². The lowest BCUT2D eigenvalue weighted by atomic mass is 9.84. The third-order valence-corrected chi connectivity index (χ3v) is 10.5. The van der Waals surface area contributed by atoms with Crippen LogP contribution in [0.15, 0.2) is 0 Å². The summed E-state index contributed by atoms with van der Waals surface area (Å²) in [5, 5.41) is 45.8. The molecule has 0 bridgehead atoms. The molecule has 15 nitrogen and oxygen atoms in total. The largest absolute Gasteiger partial charge is 0.390 e. The van der Waals surface area contributed by atoms with Crippen LogP contribution in [-0.4, -0.2) is 125 Å². The van der Waals surface area contributed by atoms with Gasteiger partial charge in [0.05, 0.1) is 30.4 Å². The highest BCUT2D eigenvalue weighted by Crippen LogP contribution is 2.31. The summed E-state index contributed by atoms with van der Waals surface area (Å²) < 4.78 is 23.7. The predicted molar refractivity (Wildman–Crippen MR) is 189 cm³/mol. The lowest BCUT2D eigenvalue weighted by molar-refractivity contribution is -0.311. The molecule has 294 valence electrons. The highest BCUT2D eigenvalue weighted by atomic mass is 16.7. The second-order valence-electron chi connectivity index (χ2n) is 14.8. The van der Waals surface area contributed by atoms with Crippen molar-refractivity contribution in [2.75, 3.05) is 13.1 Å². The molecule has 0 unspecified atom stereocenters. The molecule has 0 radical (unpaired) electrons. The molecule has 1 saturated carbocycles. The van der Waals surface area contributed by atoms with Crippen molar-refractivity contribution >= 4 is 5.91 Å². The molecule has 2 aliphatic heterocycles. The Kier molecular flexibility index (Phi) is 19.8. The average Bonchev–Trinajstić information content (AvgIpc) is 3.08. The van der Waals surface area contributed by atoms with Crippen molar-refractivity contribution < 1.29 is 44.2 Å². The van der Waals surface area contributed by atoms with Crippen LogP contribution in [0.2, 0.25) is 0 Å². The summed E-state index contributed by atoms with van der Waals surface area (Å²) in [6, 6.07) is -3.32. The van der Waals surface area contributed by atoms with E-state index in [-0.39, 0.29) is 31.8 Å². The number of amides is 1. The Morgan fingerprint density at radius 1 is 0.660 bits per heavy atom. The van der Waals surface area contributed by atoms with Gasteiger partial charge < -0.3 is 73.4 Å². The second kappa shape index (κ2) is 22.9. The molecule has 2 heterocycles. The molecule has 0 aromatic heterocycles. The van der Waals surface area contributed by atoms with Crippen LogP contribution in [0.5, 0.6) is 0 Å². The summed E-state index contributed by atoms with van der Waals surface area (Å²) in [5.74, 6) is -0.164. The van der Waals surface area contributed by atoms with E-state index in [1.807, 2.05) is 0 Å². The van der Waals surface area contributed by atoms with E-state index in [1.54, 1.807) is 0 Å². The first kappa shape index (κ1) is 43.4. The fourth-order valence-electron chi connectivity index (χ4n) is 7.23. The van der Waals surface area contributed by atoms with Gasteiger partial charge in [0.2, 0.25) is 5.91 Å². The molecular weight excluding hydrogens is 648 g/mol. The van der Waals surface area contributed by atoms with Crippen molar-refractivity contribution in [1.29, 1.82) is 0 Å². The smallest absolute Gasteiger partial charge is 0.220 e. The van der Waals surface area contributed by atoms with E-state index < -0.39 is 85.6 Å². The number of carbonyl (C=O) groups excluding carboxylic acids is 1. The number of aliphatic hydroxyl groups excluding tert-OH is 4. The summed E-state index contributed by atoms with van der Waals surface area (Å²) in [4.78, 5) is 12.6. The fourth-order valence-corrected chi connectivity index (χ4v) is 7.23. The van der Waals surface area contributed by atoms with Crippen molar-refractivity contribution in [3.63, 3.8) is 0 Å². The van der Waals surface area contributed by atoms with Crippen molar-refractivity contribution in [2.45, 2.75) is 202 Å². The molecule has 14 atom stereocenters. The van der Waals surface area contributed by atoms with E-state index in [4.69, 9.17) is 47.6 Å². The number of carbonyl (C=O) groups is 1. The number of aliphatic hydroxyl groups is 4. The maximum Gasteiger partial charge on any atom is 0.220 e. The summed E-state index contributed by atoms with van der Waals surface area (Å²) in [5.41, 5.74) is 30.6. The molecular formula is C35H70N6O9. The molecule has 15 N–H and O–H groups in total. The zero-order valence-corrected chi connectivity index (χ0v) is 30.2. The van der Waals surface area contributed by atoms with Crippen LogP contribution in [0, 0.1) is 0 Å². The van der Waals surface area contributed by atoms with Crippen molar-refractivity contribution in [1.82, 2.24) is 5.32 Å². The first-order valence-corrected chi connectivity index (χ1v) is 19.3. The standard InChI is InChI=1S/C35H70N6O9/c1-2-3-4-5-6-7-8-9-10-11-12-13-14-15-16-27(43)41-20-26-29(44)28(40)30(45)35(48-26)50-33-22(38)17-21(37)32(31(33)46)49-34-23(39)18-24(42)25(19-36)47-34/h21-26,28-35,42,44-46H,2-20,36-40H2,1H3,(H,41,43)/t21-,22+,23+,24-,25+,26+,28-,29+,30+,31-,32+,33-,34+,35+/m0/s1. The maximum atomic E-state index is 12.6. The Hall–Kier alpha value is -1.05. The molecule has 1 amide bonds. The molecule has 0 aromatic rings. The van der Waals surface area contributed by atoms with Gasteiger partial charge in [0.25, 0.3) is 0 Å². The lowest BCUT2D eigenvalue weighted by Crippen LogP contribution is -2.68. The normalized spacial score (nSPS) is 37.9. The van der Waals surface area contributed by atoms with Crippen molar-refractivity contribution in [2.24, 2.45) is 28.7 Å². The lowest BCUT2D eigenvalue weighted by Gasteiger charge is -2.48. The summed E-state index contributed by atoms with van der Waals surface area (Å²) >= 11 is 0. The minimum atomic E-state index is -1.45. The molecule has 1 aliphatic carbocycles. The van der Waals surface area contributed by atoms with E-state index in [2.05, 4.69) is 12.2 Å².